The third kappa shape index (κ3) is 2.81. The quantitative estimate of drug-likeness (QED) is 0.866. The van der Waals surface area contributed by atoms with Crippen LogP contribution in [0.15, 0.2) is 15.9 Å². The number of aliphatic hydroxyl groups excluding tert-OH is 1. The van der Waals surface area contributed by atoms with Crippen molar-refractivity contribution >= 4 is 27.3 Å². The van der Waals surface area contributed by atoms with Gasteiger partial charge in [-0.25, -0.2) is 0 Å². The van der Waals surface area contributed by atoms with Gasteiger partial charge in [0.2, 0.25) is 0 Å². The van der Waals surface area contributed by atoms with Gasteiger partial charge in [-0.05, 0) is 52.7 Å². The molecule has 80 valence electrons. The highest BCUT2D eigenvalue weighted by Gasteiger charge is 2.26. The molecule has 1 heterocycles. The van der Waals surface area contributed by atoms with Gasteiger partial charge in [0.05, 0.1) is 3.79 Å². The Morgan fingerprint density at radius 3 is 2.36 bits per heavy atom. The number of rotatable bonds is 5. The maximum Gasteiger partial charge on any atom is 0.0701 e. The zero-order valence-electron chi connectivity index (χ0n) is 8.72. The van der Waals surface area contributed by atoms with Crippen molar-refractivity contribution < 1.29 is 5.11 Å². The Bertz CT molecular complexity index is 270. The molecule has 0 saturated heterocycles. The molecular weight excluding hydrogens is 260 g/mol. The van der Waals surface area contributed by atoms with Gasteiger partial charge in [-0.2, -0.15) is 0 Å². The SMILES string of the molecule is CCC(CC)(CO)Cc1ccc(Br)s1. The first kappa shape index (κ1) is 12.2. The van der Waals surface area contributed by atoms with Crippen molar-refractivity contribution in [3.8, 4) is 0 Å². The van der Waals surface area contributed by atoms with Crippen LogP contribution in [0, 0.1) is 5.41 Å². The van der Waals surface area contributed by atoms with E-state index < -0.39 is 0 Å². The Kier molecular flexibility index (Phi) is 4.61. The van der Waals surface area contributed by atoms with Crippen LogP contribution < -0.4 is 0 Å². The Labute approximate surface area is 98.3 Å². The minimum absolute atomic E-state index is 0.0876. The molecule has 0 atom stereocenters. The zero-order chi connectivity index (χ0) is 10.6. The van der Waals surface area contributed by atoms with Crippen LogP contribution in [0.2, 0.25) is 0 Å². The Balaban J connectivity index is 2.73. The molecule has 1 aromatic heterocycles. The van der Waals surface area contributed by atoms with Crippen molar-refractivity contribution in [2.45, 2.75) is 33.1 Å². The third-order valence-corrected chi connectivity index (χ3v) is 4.64. The summed E-state index contributed by atoms with van der Waals surface area (Å²) < 4.78 is 1.17. The van der Waals surface area contributed by atoms with Gasteiger partial charge in [0.1, 0.15) is 0 Å². The molecule has 1 aromatic rings. The summed E-state index contributed by atoms with van der Waals surface area (Å²) in [6.07, 6.45) is 3.07. The van der Waals surface area contributed by atoms with Crippen molar-refractivity contribution in [2.75, 3.05) is 6.61 Å². The van der Waals surface area contributed by atoms with Crippen LogP contribution in [-0.4, -0.2) is 11.7 Å². The van der Waals surface area contributed by atoms with E-state index in [4.69, 9.17) is 0 Å². The fraction of sp³-hybridized carbons (Fsp3) is 0.636. The minimum atomic E-state index is 0.0876. The average molecular weight is 277 g/mol. The Morgan fingerprint density at radius 1 is 1.36 bits per heavy atom. The highest BCUT2D eigenvalue weighted by molar-refractivity contribution is 9.11. The Hall–Kier alpha value is 0.140. The second kappa shape index (κ2) is 5.29. The van der Waals surface area contributed by atoms with Crippen LogP contribution in [0.3, 0.4) is 0 Å². The van der Waals surface area contributed by atoms with Crippen LogP contribution in [-0.2, 0) is 6.42 Å². The van der Waals surface area contributed by atoms with E-state index >= 15 is 0 Å². The number of hydrogen-bond acceptors (Lipinski definition) is 2. The van der Waals surface area contributed by atoms with Gasteiger partial charge in [0.15, 0.2) is 0 Å². The summed E-state index contributed by atoms with van der Waals surface area (Å²) in [4.78, 5) is 1.36. The van der Waals surface area contributed by atoms with Crippen molar-refractivity contribution in [1.29, 1.82) is 0 Å². The van der Waals surface area contributed by atoms with Gasteiger partial charge in [-0.1, -0.05) is 13.8 Å². The lowest BCUT2D eigenvalue weighted by atomic mass is 9.80. The lowest BCUT2D eigenvalue weighted by molar-refractivity contribution is 0.116. The van der Waals surface area contributed by atoms with E-state index in [1.54, 1.807) is 11.3 Å². The average Bonchev–Trinajstić information content (AvgIpc) is 2.61. The molecular formula is C11H17BrOS. The molecule has 1 rings (SSSR count). The molecule has 0 aliphatic heterocycles. The van der Waals surface area contributed by atoms with Crippen LogP contribution in [0.5, 0.6) is 0 Å². The first-order valence-corrected chi connectivity index (χ1v) is 6.62. The molecule has 0 radical (unpaired) electrons. The second-order valence-electron chi connectivity index (χ2n) is 3.75. The summed E-state index contributed by atoms with van der Waals surface area (Å²) in [5.74, 6) is 0. The third-order valence-electron chi connectivity index (χ3n) is 3.01. The van der Waals surface area contributed by atoms with Gasteiger partial charge >= 0.3 is 0 Å². The van der Waals surface area contributed by atoms with Crippen molar-refractivity contribution in [3.05, 3.63) is 20.8 Å². The van der Waals surface area contributed by atoms with E-state index in [1.807, 2.05) is 0 Å². The van der Waals surface area contributed by atoms with Crippen molar-refractivity contribution in [2.24, 2.45) is 5.41 Å². The van der Waals surface area contributed by atoms with Gasteiger partial charge in [0.25, 0.3) is 0 Å². The van der Waals surface area contributed by atoms with E-state index in [9.17, 15) is 5.11 Å². The first-order valence-electron chi connectivity index (χ1n) is 5.01. The van der Waals surface area contributed by atoms with Crippen molar-refractivity contribution in [3.63, 3.8) is 0 Å². The van der Waals surface area contributed by atoms with Gasteiger partial charge in [-0.3, -0.25) is 0 Å². The number of aliphatic hydroxyl groups is 1. The predicted molar refractivity (Wildman–Crippen MR) is 65.8 cm³/mol. The monoisotopic (exact) mass is 276 g/mol. The summed E-state index contributed by atoms with van der Waals surface area (Å²) in [5.41, 5.74) is 0.0876. The zero-order valence-corrected chi connectivity index (χ0v) is 11.1. The molecule has 1 nitrogen and oxygen atoms in total. The van der Waals surface area contributed by atoms with Gasteiger partial charge < -0.3 is 5.11 Å². The lowest BCUT2D eigenvalue weighted by Crippen LogP contribution is -2.26. The molecule has 0 spiro atoms. The van der Waals surface area contributed by atoms with Gasteiger partial charge in [-0.15, -0.1) is 11.3 Å². The summed E-state index contributed by atoms with van der Waals surface area (Å²) in [7, 11) is 0. The molecule has 1 N–H and O–H groups in total. The maximum absolute atomic E-state index is 9.44. The van der Waals surface area contributed by atoms with E-state index in [-0.39, 0.29) is 12.0 Å². The summed E-state index contributed by atoms with van der Waals surface area (Å²) >= 11 is 5.23. The van der Waals surface area contributed by atoms with E-state index in [1.165, 1.54) is 8.66 Å². The molecule has 0 amide bonds. The minimum Gasteiger partial charge on any atom is -0.396 e. The topological polar surface area (TPSA) is 20.2 Å². The van der Waals surface area contributed by atoms with Crippen LogP contribution >= 0.6 is 27.3 Å². The number of halogens is 1. The maximum atomic E-state index is 9.44. The number of thiophene rings is 1. The predicted octanol–water partition coefficient (Wildman–Crippen LogP) is 3.85. The second-order valence-corrected chi connectivity index (χ2v) is 6.30. The molecule has 3 heteroatoms. The first-order chi connectivity index (χ1) is 6.65. The molecule has 0 aliphatic carbocycles. The summed E-state index contributed by atoms with van der Waals surface area (Å²) in [5, 5.41) is 9.44. The molecule has 0 saturated carbocycles. The van der Waals surface area contributed by atoms with E-state index in [0.717, 1.165) is 19.3 Å². The smallest absolute Gasteiger partial charge is 0.0701 e. The molecule has 14 heavy (non-hydrogen) atoms. The Morgan fingerprint density at radius 2 is 2.00 bits per heavy atom. The highest BCUT2D eigenvalue weighted by atomic mass is 79.9. The van der Waals surface area contributed by atoms with Crippen molar-refractivity contribution in [1.82, 2.24) is 0 Å². The molecule has 0 aliphatic rings. The fourth-order valence-electron chi connectivity index (χ4n) is 1.60. The standard InChI is InChI=1S/C11H17BrOS/c1-3-11(4-2,8-13)7-9-5-6-10(12)14-9/h5-6,13H,3-4,7-8H2,1-2H3. The van der Waals surface area contributed by atoms with Gasteiger partial charge in [0, 0.05) is 11.5 Å². The molecule has 0 fully saturated rings. The van der Waals surface area contributed by atoms with Crippen LogP contribution in [0.4, 0.5) is 0 Å². The van der Waals surface area contributed by atoms with Crippen LogP contribution in [0.1, 0.15) is 31.6 Å². The number of hydrogen-bond donors (Lipinski definition) is 1. The normalized spacial score (nSPS) is 12.0. The van der Waals surface area contributed by atoms with Crippen LogP contribution in [0.25, 0.3) is 0 Å². The summed E-state index contributed by atoms with van der Waals surface area (Å²) in [6, 6.07) is 4.22. The van der Waals surface area contributed by atoms with E-state index in [2.05, 4.69) is 41.9 Å². The molecule has 0 unspecified atom stereocenters. The molecule has 0 bridgehead atoms. The summed E-state index contributed by atoms with van der Waals surface area (Å²) in [6.45, 7) is 4.60. The molecule has 0 aromatic carbocycles. The fourth-order valence-corrected chi connectivity index (χ4v) is 3.25. The largest absolute Gasteiger partial charge is 0.396 e. The lowest BCUT2D eigenvalue weighted by Gasteiger charge is -2.28. The van der Waals surface area contributed by atoms with E-state index in [0.29, 0.717) is 0 Å². The highest BCUT2D eigenvalue weighted by Crippen LogP contribution is 2.34.